The zero-order chi connectivity index (χ0) is 15.3. The van der Waals surface area contributed by atoms with Gasteiger partial charge < -0.3 is 14.4 Å². The highest BCUT2D eigenvalue weighted by molar-refractivity contribution is 6.71. The Morgan fingerprint density at radius 3 is 2.67 bits per heavy atom. The Morgan fingerprint density at radius 2 is 2.00 bits per heavy atom. The van der Waals surface area contributed by atoms with Crippen molar-refractivity contribution in [2.45, 2.75) is 32.5 Å². The minimum Gasteiger partial charge on any atom is -0.508 e. The SMILES string of the molecule is CCO[Si](C)(C)CCCN1CCN=C1c1ccc(O)cc1. The summed E-state index contributed by atoms with van der Waals surface area (Å²) in [6.45, 7) is 10.4. The molecular formula is C16H26N2O2Si. The summed E-state index contributed by atoms with van der Waals surface area (Å²) in [6.07, 6.45) is 1.15. The standard InChI is InChI=1S/C16H26N2O2Si/c1-4-20-21(2,3)13-5-11-18-12-10-17-16(18)14-6-8-15(19)9-7-14/h6-9,19H,4-5,10-13H2,1-3H3. The molecule has 0 aliphatic carbocycles. The number of phenols is 1. The highest BCUT2D eigenvalue weighted by Crippen LogP contribution is 2.18. The molecule has 1 aliphatic heterocycles. The molecule has 0 fully saturated rings. The molecular weight excluding hydrogens is 280 g/mol. The smallest absolute Gasteiger partial charge is 0.186 e. The molecule has 0 saturated carbocycles. The van der Waals surface area contributed by atoms with Crippen LogP contribution in [0.25, 0.3) is 0 Å². The zero-order valence-corrected chi connectivity index (χ0v) is 14.3. The van der Waals surface area contributed by atoms with Crippen LogP contribution in [0.1, 0.15) is 18.9 Å². The number of aromatic hydroxyl groups is 1. The number of hydrogen-bond acceptors (Lipinski definition) is 4. The van der Waals surface area contributed by atoms with Crippen molar-refractivity contribution in [1.29, 1.82) is 0 Å². The molecule has 1 aromatic rings. The van der Waals surface area contributed by atoms with E-state index in [0.29, 0.717) is 5.75 Å². The second-order valence-corrected chi connectivity index (χ2v) is 10.3. The Hall–Kier alpha value is -1.33. The van der Waals surface area contributed by atoms with Gasteiger partial charge in [-0.15, -0.1) is 0 Å². The van der Waals surface area contributed by atoms with Crippen molar-refractivity contribution in [3.63, 3.8) is 0 Å². The summed E-state index contributed by atoms with van der Waals surface area (Å²) in [5.41, 5.74) is 1.09. The molecule has 4 nitrogen and oxygen atoms in total. The first-order valence-electron chi connectivity index (χ1n) is 7.74. The van der Waals surface area contributed by atoms with Crippen LogP contribution in [-0.4, -0.2) is 50.4 Å². The largest absolute Gasteiger partial charge is 0.508 e. The minimum absolute atomic E-state index is 0.299. The van der Waals surface area contributed by atoms with Crippen LogP contribution in [0.2, 0.25) is 19.1 Å². The molecule has 2 rings (SSSR count). The van der Waals surface area contributed by atoms with Gasteiger partial charge in [-0.25, -0.2) is 0 Å². The summed E-state index contributed by atoms with van der Waals surface area (Å²) in [5.74, 6) is 1.36. The maximum Gasteiger partial charge on any atom is 0.186 e. The van der Waals surface area contributed by atoms with Gasteiger partial charge in [0.1, 0.15) is 11.6 Å². The molecule has 1 N–H and O–H groups in total. The Bertz CT molecular complexity index is 486. The maximum absolute atomic E-state index is 9.38. The molecule has 116 valence electrons. The third kappa shape index (κ3) is 4.57. The number of aliphatic imine (C=N–C) groups is 1. The van der Waals surface area contributed by atoms with Gasteiger partial charge in [0.2, 0.25) is 0 Å². The lowest BCUT2D eigenvalue weighted by Gasteiger charge is -2.25. The number of benzene rings is 1. The fourth-order valence-corrected chi connectivity index (χ4v) is 4.68. The zero-order valence-electron chi connectivity index (χ0n) is 13.3. The van der Waals surface area contributed by atoms with Crippen molar-refractivity contribution in [2.24, 2.45) is 4.99 Å². The van der Waals surface area contributed by atoms with Gasteiger partial charge in [0.05, 0.1) is 6.54 Å². The van der Waals surface area contributed by atoms with Crippen molar-refractivity contribution >= 4 is 14.2 Å². The first-order valence-corrected chi connectivity index (χ1v) is 10.9. The lowest BCUT2D eigenvalue weighted by molar-refractivity contribution is 0.326. The molecule has 21 heavy (non-hydrogen) atoms. The lowest BCUT2D eigenvalue weighted by Crippen LogP contribution is -2.34. The monoisotopic (exact) mass is 306 g/mol. The normalized spacial score (nSPS) is 15.4. The van der Waals surface area contributed by atoms with E-state index < -0.39 is 8.32 Å². The van der Waals surface area contributed by atoms with E-state index in [-0.39, 0.29) is 0 Å². The summed E-state index contributed by atoms with van der Waals surface area (Å²) < 4.78 is 5.88. The van der Waals surface area contributed by atoms with Crippen LogP contribution < -0.4 is 0 Å². The second-order valence-electron chi connectivity index (χ2n) is 6.04. The van der Waals surface area contributed by atoms with E-state index in [2.05, 4.69) is 29.9 Å². The molecule has 0 atom stereocenters. The molecule has 0 bridgehead atoms. The highest BCUT2D eigenvalue weighted by Gasteiger charge is 2.23. The predicted octanol–water partition coefficient (Wildman–Crippen LogP) is 3.09. The average Bonchev–Trinajstić information content (AvgIpc) is 2.88. The van der Waals surface area contributed by atoms with Crippen molar-refractivity contribution in [1.82, 2.24) is 4.90 Å². The van der Waals surface area contributed by atoms with E-state index >= 15 is 0 Å². The van der Waals surface area contributed by atoms with Crippen LogP contribution in [0, 0.1) is 0 Å². The molecule has 0 unspecified atom stereocenters. The van der Waals surface area contributed by atoms with Crippen LogP contribution in [0.15, 0.2) is 29.3 Å². The van der Waals surface area contributed by atoms with Crippen LogP contribution in [0.5, 0.6) is 5.75 Å². The summed E-state index contributed by atoms with van der Waals surface area (Å²) in [6, 6.07) is 8.50. The average molecular weight is 306 g/mol. The lowest BCUT2D eigenvalue weighted by atomic mass is 10.2. The van der Waals surface area contributed by atoms with Gasteiger partial charge in [-0.1, -0.05) is 0 Å². The van der Waals surface area contributed by atoms with E-state index in [1.54, 1.807) is 12.1 Å². The summed E-state index contributed by atoms with van der Waals surface area (Å²) >= 11 is 0. The molecule has 0 radical (unpaired) electrons. The van der Waals surface area contributed by atoms with Gasteiger partial charge in [-0.2, -0.15) is 0 Å². The van der Waals surface area contributed by atoms with Crippen molar-refractivity contribution < 1.29 is 9.53 Å². The number of amidine groups is 1. The fraction of sp³-hybridized carbons (Fsp3) is 0.562. The van der Waals surface area contributed by atoms with Crippen LogP contribution in [0.4, 0.5) is 0 Å². The Kier molecular flexibility index (Phi) is 5.42. The molecule has 1 heterocycles. The molecule has 1 aromatic carbocycles. The van der Waals surface area contributed by atoms with E-state index in [1.165, 1.54) is 6.04 Å². The van der Waals surface area contributed by atoms with Crippen molar-refractivity contribution in [3.05, 3.63) is 29.8 Å². The fourth-order valence-electron chi connectivity index (χ4n) is 2.74. The Morgan fingerprint density at radius 1 is 1.29 bits per heavy atom. The maximum atomic E-state index is 9.38. The van der Waals surface area contributed by atoms with Crippen LogP contribution in [0.3, 0.4) is 0 Å². The van der Waals surface area contributed by atoms with Gasteiger partial charge in [-0.05, 0) is 56.7 Å². The molecule has 5 heteroatoms. The Labute approximate surface area is 128 Å². The minimum atomic E-state index is -1.48. The van der Waals surface area contributed by atoms with Gasteiger partial charge in [0, 0.05) is 25.3 Å². The van der Waals surface area contributed by atoms with Gasteiger partial charge >= 0.3 is 0 Å². The molecule has 0 spiro atoms. The second kappa shape index (κ2) is 7.09. The van der Waals surface area contributed by atoms with E-state index in [1.807, 2.05) is 12.1 Å². The first kappa shape index (κ1) is 16.0. The van der Waals surface area contributed by atoms with Gasteiger partial charge in [0.25, 0.3) is 0 Å². The third-order valence-electron chi connectivity index (χ3n) is 3.80. The quantitative estimate of drug-likeness (QED) is 0.787. The number of hydrogen-bond donors (Lipinski definition) is 1. The van der Waals surface area contributed by atoms with E-state index in [4.69, 9.17) is 4.43 Å². The Balaban J connectivity index is 1.89. The van der Waals surface area contributed by atoms with Crippen LogP contribution >= 0.6 is 0 Å². The topological polar surface area (TPSA) is 45.1 Å². The first-order chi connectivity index (χ1) is 10.0. The highest BCUT2D eigenvalue weighted by atomic mass is 28.4. The number of phenolic OH excluding ortho intramolecular Hbond substituents is 1. The van der Waals surface area contributed by atoms with Crippen molar-refractivity contribution in [2.75, 3.05) is 26.2 Å². The van der Waals surface area contributed by atoms with E-state index in [9.17, 15) is 5.11 Å². The molecule has 0 amide bonds. The number of nitrogens with zero attached hydrogens (tertiary/aromatic N) is 2. The summed E-state index contributed by atoms with van der Waals surface area (Å²) in [4.78, 5) is 6.96. The van der Waals surface area contributed by atoms with Gasteiger partial charge in [0.15, 0.2) is 8.32 Å². The summed E-state index contributed by atoms with van der Waals surface area (Å²) in [5, 5.41) is 9.38. The number of rotatable bonds is 7. The molecule has 0 aromatic heterocycles. The van der Waals surface area contributed by atoms with Crippen LogP contribution in [-0.2, 0) is 4.43 Å². The molecule has 0 saturated heterocycles. The van der Waals surface area contributed by atoms with E-state index in [0.717, 1.165) is 44.1 Å². The van der Waals surface area contributed by atoms with Crippen molar-refractivity contribution in [3.8, 4) is 5.75 Å². The van der Waals surface area contributed by atoms with Gasteiger partial charge in [-0.3, -0.25) is 4.99 Å². The summed E-state index contributed by atoms with van der Waals surface area (Å²) in [7, 11) is -1.48. The predicted molar refractivity (Wildman–Crippen MR) is 89.6 cm³/mol. The third-order valence-corrected chi connectivity index (χ3v) is 6.43. The molecule has 1 aliphatic rings.